The quantitative estimate of drug-likeness (QED) is 0.263. The van der Waals surface area contributed by atoms with Crippen LogP contribution in [0.1, 0.15) is 41.6 Å². The molecule has 0 aliphatic carbocycles. The molecule has 0 radical (unpaired) electrons. The summed E-state index contributed by atoms with van der Waals surface area (Å²) in [5.41, 5.74) is 2.58. The number of hydrogen-bond acceptors (Lipinski definition) is 8. The van der Waals surface area contributed by atoms with E-state index in [0.29, 0.717) is 37.7 Å². The van der Waals surface area contributed by atoms with Gasteiger partial charge in [-0.05, 0) is 54.4 Å². The molecule has 3 heterocycles. The summed E-state index contributed by atoms with van der Waals surface area (Å²) >= 11 is 1.23. The van der Waals surface area contributed by atoms with Gasteiger partial charge < -0.3 is 13.9 Å². The van der Waals surface area contributed by atoms with Gasteiger partial charge in [-0.1, -0.05) is 65.9 Å². The van der Waals surface area contributed by atoms with Gasteiger partial charge in [0.05, 0.1) is 41.1 Å². The molecular weight excluding hydrogens is 552 g/mol. The van der Waals surface area contributed by atoms with Crippen molar-refractivity contribution in [1.82, 2.24) is 4.57 Å². The van der Waals surface area contributed by atoms with Gasteiger partial charge in [0.2, 0.25) is 0 Å². The summed E-state index contributed by atoms with van der Waals surface area (Å²) < 4.78 is 18.2. The SMILES string of the molecule is CCOC(=O)C1=C(C)N=c2s/c(=C\c3ccc(-c4ccc(C(=O)OC)cc4)o3)c(=O)n2[C@@H]1c1cccc2ccccc12. The summed E-state index contributed by atoms with van der Waals surface area (Å²) in [6, 6.07) is 23.5. The van der Waals surface area contributed by atoms with Crippen LogP contribution in [0.3, 0.4) is 0 Å². The standard InChI is InChI=1S/C33H26N2O6S/c1-4-40-32(38)28-19(2)34-33-35(29(28)25-11-7-9-20-8-5-6-10-24(20)25)30(36)27(42-33)18-23-16-17-26(41-23)21-12-14-22(15-13-21)31(37)39-3/h5-18,29H,4H2,1-3H3/b27-18-/t29-/m1/s1. The monoisotopic (exact) mass is 578 g/mol. The van der Waals surface area contributed by atoms with Crippen LogP contribution in [-0.4, -0.2) is 30.2 Å². The zero-order chi connectivity index (χ0) is 29.4. The van der Waals surface area contributed by atoms with E-state index in [-0.39, 0.29) is 12.2 Å². The summed E-state index contributed by atoms with van der Waals surface area (Å²) in [5, 5.41) is 1.93. The number of carbonyl (C=O) groups is 2. The number of nitrogens with zero attached hydrogens (tertiary/aromatic N) is 2. The lowest BCUT2D eigenvalue weighted by Crippen LogP contribution is -2.40. The van der Waals surface area contributed by atoms with Crippen LogP contribution in [-0.2, 0) is 14.3 Å². The number of methoxy groups -OCH3 is 1. The van der Waals surface area contributed by atoms with E-state index >= 15 is 0 Å². The first kappa shape index (κ1) is 27.2. The molecule has 8 nitrogen and oxygen atoms in total. The van der Waals surface area contributed by atoms with Crippen molar-refractivity contribution in [3.05, 3.63) is 127 Å². The third-order valence-corrected chi connectivity index (χ3v) is 8.11. The minimum Gasteiger partial charge on any atom is -0.465 e. The number of thiazole rings is 1. The number of allylic oxidation sites excluding steroid dienone is 1. The molecule has 42 heavy (non-hydrogen) atoms. The van der Waals surface area contributed by atoms with Crippen molar-refractivity contribution in [3.63, 3.8) is 0 Å². The first-order valence-electron chi connectivity index (χ1n) is 13.4. The zero-order valence-corrected chi connectivity index (χ0v) is 23.9. The van der Waals surface area contributed by atoms with Crippen molar-refractivity contribution in [2.24, 2.45) is 4.99 Å². The lowest BCUT2D eigenvalue weighted by atomic mass is 9.91. The molecule has 3 aromatic carbocycles. The molecule has 0 unspecified atom stereocenters. The van der Waals surface area contributed by atoms with Crippen molar-refractivity contribution in [2.45, 2.75) is 19.9 Å². The van der Waals surface area contributed by atoms with Crippen LogP contribution in [0.5, 0.6) is 0 Å². The Morgan fingerprint density at radius 1 is 1.00 bits per heavy atom. The van der Waals surface area contributed by atoms with E-state index in [0.717, 1.165) is 21.9 Å². The van der Waals surface area contributed by atoms with Gasteiger partial charge in [0.15, 0.2) is 4.80 Å². The number of hydrogen-bond donors (Lipinski definition) is 0. The van der Waals surface area contributed by atoms with Crippen LogP contribution in [0.4, 0.5) is 0 Å². The molecular formula is C33H26N2O6S. The first-order valence-corrected chi connectivity index (χ1v) is 14.2. The molecule has 0 fully saturated rings. The maximum atomic E-state index is 14.0. The van der Waals surface area contributed by atoms with Gasteiger partial charge in [-0.3, -0.25) is 9.36 Å². The Morgan fingerprint density at radius 3 is 2.52 bits per heavy atom. The highest BCUT2D eigenvalue weighted by atomic mass is 32.1. The number of aromatic nitrogens is 1. The zero-order valence-electron chi connectivity index (χ0n) is 23.1. The van der Waals surface area contributed by atoms with Gasteiger partial charge in [-0.2, -0.15) is 0 Å². The second kappa shape index (κ2) is 11.1. The van der Waals surface area contributed by atoms with Gasteiger partial charge in [0.25, 0.3) is 5.56 Å². The van der Waals surface area contributed by atoms with Crippen LogP contribution in [0.15, 0.2) is 104 Å². The van der Waals surface area contributed by atoms with E-state index in [1.807, 2.05) is 42.5 Å². The van der Waals surface area contributed by atoms with E-state index < -0.39 is 18.0 Å². The summed E-state index contributed by atoms with van der Waals surface area (Å²) in [4.78, 5) is 44.2. The number of fused-ring (bicyclic) bond motifs is 2. The summed E-state index contributed by atoms with van der Waals surface area (Å²) in [5.74, 6) is 0.148. The van der Waals surface area contributed by atoms with Crippen LogP contribution < -0.4 is 14.9 Å². The minimum atomic E-state index is -0.714. The molecule has 0 saturated carbocycles. The van der Waals surface area contributed by atoms with Crippen LogP contribution >= 0.6 is 11.3 Å². The van der Waals surface area contributed by atoms with Gasteiger partial charge in [0.1, 0.15) is 11.5 Å². The van der Waals surface area contributed by atoms with Gasteiger partial charge in [0, 0.05) is 11.6 Å². The fourth-order valence-corrected chi connectivity index (χ4v) is 6.20. The highest BCUT2D eigenvalue weighted by Crippen LogP contribution is 2.35. The van der Waals surface area contributed by atoms with Crippen molar-refractivity contribution >= 4 is 40.1 Å². The molecule has 210 valence electrons. The average molecular weight is 579 g/mol. The fourth-order valence-electron chi connectivity index (χ4n) is 5.18. The van der Waals surface area contributed by atoms with Crippen LogP contribution in [0.25, 0.3) is 28.2 Å². The molecule has 0 N–H and O–H groups in total. The lowest BCUT2D eigenvalue weighted by Gasteiger charge is -2.25. The Bertz CT molecular complexity index is 2060. The van der Waals surface area contributed by atoms with E-state index in [4.69, 9.17) is 13.9 Å². The molecule has 2 aromatic heterocycles. The van der Waals surface area contributed by atoms with Crippen molar-refractivity contribution in [3.8, 4) is 11.3 Å². The van der Waals surface area contributed by atoms with Gasteiger partial charge in [-0.25, -0.2) is 14.6 Å². The number of esters is 2. The number of rotatable bonds is 6. The van der Waals surface area contributed by atoms with E-state index in [9.17, 15) is 14.4 Å². The lowest BCUT2D eigenvalue weighted by molar-refractivity contribution is -0.139. The third-order valence-electron chi connectivity index (χ3n) is 7.13. The Balaban J connectivity index is 1.47. The molecule has 5 aromatic rings. The molecule has 0 saturated heterocycles. The Labute approximate surface area is 244 Å². The number of carbonyl (C=O) groups excluding carboxylic acids is 2. The Hall–Kier alpha value is -5.02. The minimum absolute atomic E-state index is 0.203. The summed E-state index contributed by atoms with van der Waals surface area (Å²) in [6.45, 7) is 3.72. The molecule has 9 heteroatoms. The number of furan rings is 1. The van der Waals surface area contributed by atoms with Crippen molar-refractivity contribution in [2.75, 3.05) is 13.7 Å². The van der Waals surface area contributed by atoms with Crippen LogP contribution in [0.2, 0.25) is 0 Å². The van der Waals surface area contributed by atoms with E-state index in [1.54, 1.807) is 60.9 Å². The second-order valence-corrected chi connectivity index (χ2v) is 10.7. The molecule has 0 bridgehead atoms. The predicted molar refractivity (Wildman–Crippen MR) is 160 cm³/mol. The fraction of sp³-hybridized carbons (Fsp3) is 0.152. The van der Waals surface area contributed by atoms with Crippen molar-refractivity contribution in [1.29, 1.82) is 0 Å². The Kier molecular flexibility index (Phi) is 7.18. The number of benzene rings is 3. The molecule has 6 rings (SSSR count). The van der Waals surface area contributed by atoms with Gasteiger partial charge in [-0.15, -0.1) is 0 Å². The molecule has 0 amide bonds. The normalized spacial score (nSPS) is 14.9. The smallest absolute Gasteiger partial charge is 0.338 e. The summed E-state index contributed by atoms with van der Waals surface area (Å²) in [6.07, 6.45) is 1.68. The maximum Gasteiger partial charge on any atom is 0.338 e. The first-order chi connectivity index (χ1) is 20.4. The van der Waals surface area contributed by atoms with Crippen molar-refractivity contribution < 1.29 is 23.5 Å². The Morgan fingerprint density at radius 2 is 1.76 bits per heavy atom. The topological polar surface area (TPSA) is 100 Å². The molecule has 0 spiro atoms. The van der Waals surface area contributed by atoms with Crippen LogP contribution in [0, 0.1) is 0 Å². The number of ether oxygens (including phenoxy) is 2. The highest BCUT2D eigenvalue weighted by molar-refractivity contribution is 7.07. The second-order valence-electron chi connectivity index (χ2n) is 9.64. The highest BCUT2D eigenvalue weighted by Gasteiger charge is 2.34. The maximum absolute atomic E-state index is 14.0. The summed E-state index contributed by atoms with van der Waals surface area (Å²) in [7, 11) is 1.34. The molecule has 1 aliphatic rings. The van der Waals surface area contributed by atoms with E-state index in [2.05, 4.69) is 4.99 Å². The molecule has 1 atom stereocenters. The average Bonchev–Trinajstić information content (AvgIpc) is 3.60. The predicted octanol–water partition coefficient (Wildman–Crippen LogP) is 5.00. The molecule has 1 aliphatic heterocycles. The van der Waals surface area contributed by atoms with Gasteiger partial charge >= 0.3 is 11.9 Å². The third kappa shape index (κ3) is 4.77. The largest absolute Gasteiger partial charge is 0.465 e. The van der Waals surface area contributed by atoms with E-state index in [1.165, 1.54) is 18.4 Å².